The van der Waals surface area contributed by atoms with E-state index < -0.39 is 24.0 Å². The number of aromatic nitrogens is 1. The zero-order valence-electron chi connectivity index (χ0n) is 9.54. The molecule has 1 fully saturated rings. The number of aliphatic carboxylic acids is 1. The summed E-state index contributed by atoms with van der Waals surface area (Å²) in [5.41, 5.74) is 6.04. The molecule has 17 heavy (non-hydrogen) atoms. The third-order valence-electron chi connectivity index (χ3n) is 3.11. The van der Waals surface area contributed by atoms with Crippen molar-refractivity contribution in [1.82, 2.24) is 4.57 Å². The maximum atomic E-state index is 11.3. The Morgan fingerprint density at radius 3 is 2.53 bits per heavy atom. The van der Waals surface area contributed by atoms with Crippen LogP contribution in [0.2, 0.25) is 0 Å². The topological polar surface area (TPSA) is 88.6 Å². The van der Waals surface area contributed by atoms with E-state index in [1.54, 1.807) is 17.2 Å². The lowest BCUT2D eigenvalue weighted by Gasteiger charge is -2.27. The van der Waals surface area contributed by atoms with E-state index in [0.29, 0.717) is 12.8 Å². The van der Waals surface area contributed by atoms with Crippen LogP contribution in [0.5, 0.6) is 0 Å². The second-order valence-electron chi connectivity index (χ2n) is 4.29. The second kappa shape index (κ2) is 4.12. The van der Waals surface area contributed by atoms with E-state index in [9.17, 15) is 9.59 Å². The predicted molar refractivity (Wildman–Crippen MR) is 61.5 cm³/mol. The minimum absolute atomic E-state index is 0.442. The van der Waals surface area contributed by atoms with Gasteiger partial charge in [0.15, 0.2) is 0 Å². The number of anilines is 1. The minimum Gasteiger partial charge on any atom is -0.480 e. The summed E-state index contributed by atoms with van der Waals surface area (Å²) >= 11 is 0. The molecule has 92 valence electrons. The number of amides is 1. The van der Waals surface area contributed by atoms with Gasteiger partial charge in [0, 0.05) is 19.4 Å². The molecule has 0 aromatic carbocycles. The van der Waals surface area contributed by atoms with Crippen molar-refractivity contribution >= 4 is 17.6 Å². The number of nitrogens with two attached hydrogens (primary N) is 1. The molecule has 1 aromatic rings. The highest BCUT2D eigenvalue weighted by molar-refractivity contribution is 5.89. The van der Waals surface area contributed by atoms with Crippen LogP contribution in [0.25, 0.3) is 0 Å². The molecule has 6 nitrogen and oxygen atoms in total. The highest BCUT2D eigenvalue weighted by atomic mass is 16.4. The van der Waals surface area contributed by atoms with E-state index in [-0.39, 0.29) is 0 Å². The zero-order chi connectivity index (χ0) is 12.6. The molecule has 1 aromatic heterocycles. The average Bonchev–Trinajstić information content (AvgIpc) is 2.81. The maximum Gasteiger partial charge on any atom is 0.326 e. The van der Waals surface area contributed by atoms with Crippen LogP contribution in [0.15, 0.2) is 18.5 Å². The van der Waals surface area contributed by atoms with Crippen molar-refractivity contribution in [2.24, 2.45) is 12.8 Å². The fraction of sp³-hybridized carbons (Fsp3) is 0.455. The molecule has 0 bridgehead atoms. The number of carboxylic acid groups (broad SMARTS) is 1. The average molecular weight is 237 g/mol. The summed E-state index contributed by atoms with van der Waals surface area (Å²) in [6.45, 7) is 0. The molecule has 0 unspecified atom stereocenters. The van der Waals surface area contributed by atoms with Crippen LogP contribution in [0, 0.1) is 0 Å². The van der Waals surface area contributed by atoms with Crippen molar-refractivity contribution in [2.45, 2.75) is 24.9 Å². The van der Waals surface area contributed by atoms with Crippen LogP contribution in [0.3, 0.4) is 0 Å². The van der Waals surface area contributed by atoms with Crippen molar-refractivity contribution in [1.29, 1.82) is 0 Å². The molecule has 1 aliphatic heterocycles. The highest BCUT2D eigenvalue weighted by Gasteiger charge is 2.40. The van der Waals surface area contributed by atoms with E-state index in [2.05, 4.69) is 0 Å². The third-order valence-corrected chi connectivity index (χ3v) is 3.11. The summed E-state index contributed by atoms with van der Waals surface area (Å²) < 4.78 is 1.81. The van der Waals surface area contributed by atoms with Crippen LogP contribution in [0.4, 0.5) is 5.69 Å². The summed E-state index contributed by atoms with van der Waals surface area (Å²) in [5, 5.41) is 9.15. The van der Waals surface area contributed by atoms with Crippen molar-refractivity contribution in [2.75, 3.05) is 4.90 Å². The lowest BCUT2D eigenvalue weighted by Crippen LogP contribution is -2.46. The van der Waals surface area contributed by atoms with Gasteiger partial charge in [0.25, 0.3) is 0 Å². The Morgan fingerprint density at radius 1 is 1.41 bits per heavy atom. The Balaban J connectivity index is 2.35. The number of carboxylic acids is 1. The fourth-order valence-electron chi connectivity index (χ4n) is 2.33. The standard InChI is InChI=1S/C11H15N3O3/c1-13-5-4-7(6-13)14-8(10(12)15)2-3-9(14)11(16)17/h4-6,8-9H,2-3H2,1H3,(H2,12,15)(H,16,17)/t8-,9-/m1/s1. The van der Waals surface area contributed by atoms with Crippen molar-refractivity contribution in [3.63, 3.8) is 0 Å². The van der Waals surface area contributed by atoms with Crippen molar-refractivity contribution in [3.8, 4) is 0 Å². The summed E-state index contributed by atoms with van der Waals surface area (Å²) in [7, 11) is 1.84. The van der Waals surface area contributed by atoms with Crippen LogP contribution >= 0.6 is 0 Å². The molecule has 0 aliphatic carbocycles. The number of hydrogen-bond acceptors (Lipinski definition) is 3. The van der Waals surface area contributed by atoms with Gasteiger partial charge < -0.3 is 20.3 Å². The molecule has 0 radical (unpaired) electrons. The Labute approximate surface area is 98.6 Å². The van der Waals surface area contributed by atoms with E-state index in [1.165, 1.54) is 0 Å². The lowest BCUT2D eigenvalue weighted by molar-refractivity contribution is -0.138. The van der Waals surface area contributed by atoms with Gasteiger partial charge in [0.2, 0.25) is 5.91 Å². The van der Waals surface area contributed by atoms with Crippen LogP contribution in [-0.4, -0.2) is 33.6 Å². The normalized spacial score (nSPS) is 23.9. The first-order valence-electron chi connectivity index (χ1n) is 5.43. The van der Waals surface area contributed by atoms with E-state index >= 15 is 0 Å². The Hall–Kier alpha value is -1.98. The molecule has 0 spiro atoms. The first-order chi connectivity index (χ1) is 8.00. The third kappa shape index (κ3) is 1.98. The molecule has 1 amide bonds. The number of primary amides is 1. The summed E-state index contributed by atoms with van der Waals surface area (Å²) in [6.07, 6.45) is 4.53. The van der Waals surface area contributed by atoms with Crippen molar-refractivity contribution in [3.05, 3.63) is 18.5 Å². The zero-order valence-corrected chi connectivity index (χ0v) is 9.54. The monoisotopic (exact) mass is 237 g/mol. The quantitative estimate of drug-likeness (QED) is 0.770. The van der Waals surface area contributed by atoms with Gasteiger partial charge in [-0.1, -0.05) is 0 Å². The van der Waals surface area contributed by atoms with Crippen LogP contribution in [0.1, 0.15) is 12.8 Å². The fourth-order valence-corrected chi connectivity index (χ4v) is 2.33. The van der Waals surface area contributed by atoms with Gasteiger partial charge in [-0.2, -0.15) is 0 Å². The molecule has 6 heteroatoms. The summed E-state index contributed by atoms with van der Waals surface area (Å²) in [4.78, 5) is 24.1. The first-order valence-corrected chi connectivity index (χ1v) is 5.43. The van der Waals surface area contributed by atoms with Gasteiger partial charge in [0.1, 0.15) is 12.1 Å². The smallest absolute Gasteiger partial charge is 0.326 e. The number of nitrogens with zero attached hydrogens (tertiary/aromatic N) is 2. The maximum absolute atomic E-state index is 11.3. The largest absolute Gasteiger partial charge is 0.480 e. The van der Waals surface area contributed by atoms with Gasteiger partial charge in [-0.15, -0.1) is 0 Å². The molecule has 1 aliphatic rings. The SMILES string of the molecule is Cn1ccc(N2[C@@H](C(N)=O)CC[C@@H]2C(=O)O)c1. The van der Waals surface area contributed by atoms with Gasteiger partial charge in [-0.05, 0) is 18.9 Å². The van der Waals surface area contributed by atoms with E-state index in [0.717, 1.165) is 5.69 Å². The van der Waals surface area contributed by atoms with Gasteiger partial charge in [-0.3, -0.25) is 4.79 Å². The van der Waals surface area contributed by atoms with E-state index in [4.69, 9.17) is 10.8 Å². The van der Waals surface area contributed by atoms with Crippen molar-refractivity contribution < 1.29 is 14.7 Å². The number of hydrogen-bond donors (Lipinski definition) is 2. The van der Waals surface area contributed by atoms with Crippen LogP contribution in [-0.2, 0) is 16.6 Å². The molecule has 0 saturated carbocycles. The molecule has 3 N–H and O–H groups in total. The minimum atomic E-state index is -0.919. The molecule has 2 atom stereocenters. The summed E-state index contributed by atoms with van der Waals surface area (Å²) in [5.74, 6) is -1.39. The van der Waals surface area contributed by atoms with Crippen LogP contribution < -0.4 is 10.6 Å². The Kier molecular flexibility index (Phi) is 2.79. The van der Waals surface area contributed by atoms with Gasteiger partial charge in [0.05, 0.1) is 5.69 Å². The first kappa shape index (κ1) is 11.5. The summed E-state index contributed by atoms with van der Waals surface area (Å²) in [6, 6.07) is 0.588. The molecule has 1 saturated heterocycles. The van der Waals surface area contributed by atoms with Gasteiger partial charge in [-0.25, -0.2) is 4.79 Å². The number of aryl methyl sites for hydroxylation is 1. The molecular weight excluding hydrogens is 222 g/mol. The predicted octanol–water partition coefficient (Wildman–Crippen LogP) is -0.0676. The molecule has 2 heterocycles. The Morgan fingerprint density at radius 2 is 2.06 bits per heavy atom. The second-order valence-corrected chi connectivity index (χ2v) is 4.29. The highest BCUT2D eigenvalue weighted by Crippen LogP contribution is 2.30. The molecule has 2 rings (SSSR count). The number of carbonyl (C=O) groups is 2. The lowest BCUT2D eigenvalue weighted by atomic mass is 10.2. The number of rotatable bonds is 3. The van der Waals surface area contributed by atoms with Gasteiger partial charge >= 0.3 is 5.97 Å². The number of carbonyl (C=O) groups excluding carboxylic acids is 1. The van der Waals surface area contributed by atoms with E-state index in [1.807, 2.05) is 17.8 Å². The molecular formula is C11H15N3O3. The Bertz CT molecular complexity index is 433.